The van der Waals surface area contributed by atoms with E-state index in [9.17, 15) is 9.59 Å². The van der Waals surface area contributed by atoms with Crippen LogP contribution in [0.4, 0.5) is 0 Å². The summed E-state index contributed by atoms with van der Waals surface area (Å²) in [7, 11) is 0. The average Bonchev–Trinajstić information content (AvgIpc) is 3.65. The van der Waals surface area contributed by atoms with Gasteiger partial charge in [-0.1, -0.05) is 57.2 Å². The van der Waals surface area contributed by atoms with Crippen LogP contribution in [0.2, 0.25) is 0 Å². The zero-order valence-corrected chi connectivity index (χ0v) is 18.7. The van der Waals surface area contributed by atoms with Gasteiger partial charge < -0.3 is 10.2 Å². The first-order valence-corrected chi connectivity index (χ1v) is 11.3. The number of nitrogens with zero attached hydrogens (tertiary/aromatic N) is 1. The number of carbonyl (C=O) groups excluding carboxylic acids is 2. The van der Waals surface area contributed by atoms with E-state index in [1.54, 1.807) is 6.08 Å². The zero-order chi connectivity index (χ0) is 22.0. The van der Waals surface area contributed by atoms with Crippen molar-refractivity contribution < 1.29 is 9.59 Å². The highest BCUT2D eigenvalue weighted by atomic mass is 16.2. The van der Waals surface area contributed by atoms with E-state index in [2.05, 4.69) is 50.4 Å². The van der Waals surface area contributed by atoms with Crippen LogP contribution in [-0.2, 0) is 16.8 Å². The SMILES string of the molecule is CC(C)(C)c1ccc(C=CC(=O)N(Cc2ccc(C(=O)NC3CC3)cc2)C2CC2)cc1. The van der Waals surface area contributed by atoms with Crippen molar-refractivity contribution >= 4 is 17.9 Å². The van der Waals surface area contributed by atoms with Gasteiger partial charge in [-0.2, -0.15) is 0 Å². The Balaban J connectivity index is 1.38. The highest BCUT2D eigenvalue weighted by molar-refractivity contribution is 5.94. The van der Waals surface area contributed by atoms with Gasteiger partial charge in [0.1, 0.15) is 0 Å². The molecule has 2 aromatic carbocycles. The van der Waals surface area contributed by atoms with E-state index in [4.69, 9.17) is 0 Å². The van der Waals surface area contributed by atoms with Crippen molar-refractivity contribution in [2.45, 2.75) is 70.5 Å². The molecular weight excluding hydrogens is 384 g/mol. The fourth-order valence-corrected chi connectivity index (χ4v) is 3.59. The molecule has 2 aliphatic carbocycles. The van der Waals surface area contributed by atoms with Gasteiger partial charge in [0.2, 0.25) is 5.91 Å². The number of amides is 2. The maximum Gasteiger partial charge on any atom is 0.251 e. The molecule has 2 saturated carbocycles. The summed E-state index contributed by atoms with van der Waals surface area (Å²) in [6.45, 7) is 7.16. The summed E-state index contributed by atoms with van der Waals surface area (Å²) < 4.78 is 0. The Kier molecular flexibility index (Phi) is 5.99. The van der Waals surface area contributed by atoms with Crippen LogP contribution in [0.15, 0.2) is 54.6 Å². The van der Waals surface area contributed by atoms with Crippen molar-refractivity contribution in [2.24, 2.45) is 0 Å². The number of carbonyl (C=O) groups is 2. The third-order valence-electron chi connectivity index (χ3n) is 5.95. The quantitative estimate of drug-likeness (QED) is 0.640. The summed E-state index contributed by atoms with van der Waals surface area (Å²) in [5, 5.41) is 3.01. The van der Waals surface area contributed by atoms with Crippen LogP contribution in [0.5, 0.6) is 0 Å². The van der Waals surface area contributed by atoms with Gasteiger partial charge >= 0.3 is 0 Å². The summed E-state index contributed by atoms with van der Waals surface area (Å²) in [4.78, 5) is 27.0. The van der Waals surface area contributed by atoms with Gasteiger partial charge in [-0.15, -0.1) is 0 Å². The lowest BCUT2D eigenvalue weighted by molar-refractivity contribution is -0.127. The number of nitrogens with one attached hydrogen (secondary N) is 1. The first-order chi connectivity index (χ1) is 14.8. The molecule has 0 bridgehead atoms. The van der Waals surface area contributed by atoms with E-state index < -0.39 is 0 Å². The van der Waals surface area contributed by atoms with Crippen molar-refractivity contribution in [3.63, 3.8) is 0 Å². The molecule has 31 heavy (non-hydrogen) atoms. The average molecular weight is 417 g/mol. The monoisotopic (exact) mass is 416 g/mol. The predicted molar refractivity (Wildman–Crippen MR) is 125 cm³/mol. The van der Waals surface area contributed by atoms with Gasteiger partial charge in [0.05, 0.1) is 0 Å². The van der Waals surface area contributed by atoms with Crippen molar-refractivity contribution in [1.82, 2.24) is 10.2 Å². The minimum Gasteiger partial charge on any atom is -0.349 e. The standard InChI is InChI=1S/C27H32N2O2/c1-27(2,3)22-11-6-19(7-12-22)8-17-25(30)29(24-15-16-24)18-20-4-9-21(10-5-20)26(31)28-23-13-14-23/h4-12,17,23-24H,13-16,18H2,1-3H3,(H,28,31). The second kappa shape index (κ2) is 8.70. The van der Waals surface area contributed by atoms with Gasteiger partial charge in [0.15, 0.2) is 0 Å². The topological polar surface area (TPSA) is 49.4 Å². The first kappa shape index (κ1) is 21.4. The van der Waals surface area contributed by atoms with E-state index in [-0.39, 0.29) is 17.2 Å². The molecule has 162 valence electrons. The zero-order valence-electron chi connectivity index (χ0n) is 18.7. The molecule has 2 amide bonds. The minimum atomic E-state index is -0.00964. The third kappa shape index (κ3) is 5.84. The van der Waals surface area contributed by atoms with E-state index in [1.165, 1.54) is 5.56 Å². The Bertz CT molecular complexity index is 960. The van der Waals surface area contributed by atoms with Crippen LogP contribution in [-0.4, -0.2) is 28.8 Å². The maximum absolute atomic E-state index is 12.9. The van der Waals surface area contributed by atoms with E-state index in [0.29, 0.717) is 24.2 Å². The lowest BCUT2D eigenvalue weighted by Gasteiger charge is -2.21. The number of hydrogen-bond acceptors (Lipinski definition) is 2. The smallest absolute Gasteiger partial charge is 0.251 e. The normalized spacial score (nSPS) is 16.4. The Labute approximate surface area is 185 Å². The van der Waals surface area contributed by atoms with Crippen molar-refractivity contribution in [1.29, 1.82) is 0 Å². The largest absolute Gasteiger partial charge is 0.349 e. The Morgan fingerprint density at radius 3 is 2.16 bits per heavy atom. The molecule has 0 radical (unpaired) electrons. The summed E-state index contributed by atoms with van der Waals surface area (Å²) in [6.07, 6.45) is 7.86. The molecule has 0 spiro atoms. The predicted octanol–water partition coefficient (Wildman–Crippen LogP) is 5.08. The number of hydrogen-bond donors (Lipinski definition) is 1. The van der Waals surface area contributed by atoms with Crippen LogP contribution in [0.3, 0.4) is 0 Å². The van der Waals surface area contributed by atoms with Crippen LogP contribution in [0, 0.1) is 0 Å². The van der Waals surface area contributed by atoms with Crippen LogP contribution >= 0.6 is 0 Å². The Hall–Kier alpha value is -2.88. The second-order valence-corrected chi connectivity index (χ2v) is 9.85. The summed E-state index contributed by atoms with van der Waals surface area (Å²) in [6, 6.07) is 16.7. The maximum atomic E-state index is 12.9. The molecule has 0 heterocycles. The van der Waals surface area contributed by atoms with Crippen molar-refractivity contribution in [3.05, 3.63) is 76.9 Å². The first-order valence-electron chi connectivity index (χ1n) is 11.3. The summed E-state index contributed by atoms with van der Waals surface area (Å²) in [5.41, 5.74) is 4.16. The van der Waals surface area contributed by atoms with E-state index in [0.717, 1.165) is 36.8 Å². The molecule has 2 aromatic rings. The number of benzene rings is 2. The van der Waals surface area contributed by atoms with Crippen LogP contribution < -0.4 is 5.32 Å². The van der Waals surface area contributed by atoms with E-state index in [1.807, 2.05) is 35.2 Å². The highest BCUT2D eigenvalue weighted by Gasteiger charge is 2.31. The molecule has 4 rings (SSSR count). The molecule has 4 heteroatoms. The number of rotatable bonds is 7. The van der Waals surface area contributed by atoms with Gasteiger partial charge in [-0.3, -0.25) is 9.59 Å². The fraction of sp³-hybridized carbons (Fsp3) is 0.407. The molecular formula is C27H32N2O2. The molecule has 2 fully saturated rings. The van der Waals surface area contributed by atoms with Crippen LogP contribution in [0.25, 0.3) is 6.08 Å². The minimum absolute atomic E-state index is 0.00964. The van der Waals surface area contributed by atoms with Crippen molar-refractivity contribution in [3.8, 4) is 0 Å². The third-order valence-corrected chi connectivity index (χ3v) is 5.95. The lowest BCUT2D eigenvalue weighted by atomic mass is 9.87. The molecule has 0 aliphatic heterocycles. The Morgan fingerprint density at radius 1 is 0.968 bits per heavy atom. The second-order valence-electron chi connectivity index (χ2n) is 9.85. The molecule has 2 aliphatic rings. The van der Waals surface area contributed by atoms with Gasteiger partial charge in [0.25, 0.3) is 5.91 Å². The molecule has 1 N–H and O–H groups in total. The van der Waals surface area contributed by atoms with Gasteiger partial charge in [0, 0.05) is 30.3 Å². The Morgan fingerprint density at radius 2 is 1.61 bits per heavy atom. The van der Waals surface area contributed by atoms with Gasteiger partial charge in [-0.25, -0.2) is 0 Å². The molecule has 4 nitrogen and oxygen atoms in total. The van der Waals surface area contributed by atoms with Crippen molar-refractivity contribution in [2.75, 3.05) is 0 Å². The summed E-state index contributed by atoms with van der Waals surface area (Å²) >= 11 is 0. The molecule has 0 aromatic heterocycles. The molecule has 0 saturated heterocycles. The molecule has 0 atom stereocenters. The summed E-state index contributed by atoms with van der Waals surface area (Å²) in [5.74, 6) is 0.0301. The highest BCUT2D eigenvalue weighted by Crippen LogP contribution is 2.29. The van der Waals surface area contributed by atoms with Crippen LogP contribution in [0.1, 0.15) is 73.5 Å². The van der Waals surface area contributed by atoms with Gasteiger partial charge in [-0.05, 0) is 66.0 Å². The lowest BCUT2D eigenvalue weighted by Crippen LogP contribution is -2.31. The fourth-order valence-electron chi connectivity index (χ4n) is 3.59. The van der Waals surface area contributed by atoms with E-state index >= 15 is 0 Å². The molecule has 0 unspecified atom stereocenters.